The van der Waals surface area contributed by atoms with E-state index < -0.39 is 0 Å². The van der Waals surface area contributed by atoms with Crippen LogP contribution in [-0.2, 0) is 14.3 Å². The van der Waals surface area contributed by atoms with Gasteiger partial charge in [-0.2, -0.15) is 0 Å². The Labute approximate surface area is 196 Å². The second-order valence-electron chi connectivity index (χ2n) is 12.6. The first-order chi connectivity index (χ1) is 14.9. The number of esters is 1. The van der Waals surface area contributed by atoms with E-state index >= 15 is 0 Å². The average molecular weight is 443 g/mol. The molecule has 4 atom stereocenters. The third-order valence-electron chi connectivity index (χ3n) is 7.89. The molecule has 0 aliphatic heterocycles. The van der Waals surface area contributed by atoms with E-state index in [9.17, 15) is 4.79 Å². The van der Waals surface area contributed by atoms with E-state index in [-0.39, 0.29) is 29.5 Å². The first-order valence-corrected chi connectivity index (χ1v) is 12.8. The van der Waals surface area contributed by atoms with Crippen molar-refractivity contribution < 1.29 is 14.3 Å². The number of fused-ring (bicyclic) bond motifs is 1. The largest absolute Gasteiger partial charge is 0.486 e. The monoisotopic (exact) mass is 442 g/mol. The molecule has 1 fully saturated rings. The molecular formula is C29H46O3. The van der Waals surface area contributed by atoms with Crippen LogP contribution in [0.5, 0.6) is 0 Å². The molecule has 3 aliphatic rings. The summed E-state index contributed by atoms with van der Waals surface area (Å²) < 4.78 is 12.0. The number of ether oxygens (including phenoxy) is 2. The molecule has 32 heavy (non-hydrogen) atoms. The molecule has 0 aromatic heterocycles. The van der Waals surface area contributed by atoms with Crippen molar-refractivity contribution in [3.8, 4) is 0 Å². The molecule has 3 aliphatic carbocycles. The van der Waals surface area contributed by atoms with Crippen LogP contribution in [0.2, 0.25) is 0 Å². The molecule has 0 radical (unpaired) electrons. The lowest BCUT2D eigenvalue weighted by Crippen LogP contribution is -2.39. The van der Waals surface area contributed by atoms with E-state index in [1.807, 2.05) is 6.08 Å². The Kier molecular flexibility index (Phi) is 7.67. The van der Waals surface area contributed by atoms with Crippen LogP contribution < -0.4 is 0 Å². The molecule has 1 saturated carbocycles. The predicted octanol–water partition coefficient (Wildman–Crippen LogP) is 7.63. The van der Waals surface area contributed by atoms with Crippen molar-refractivity contribution in [3.63, 3.8) is 0 Å². The van der Waals surface area contributed by atoms with Gasteiger partial charge >= 0.3 is 5.97 Å². The van der Waals surface area contributed by atoms with Gasteiger partial charge in [-0.15, -0.1) is 0 Å². The molecule has 0 bridgehead atoms. The molecule has 0 aromatic rings. The Bertz CT molecular complexity index is 737. The van der Waals surface area contributed by atoms with E-state index in [2.05, 4.69) is 72.8 Å². The molecule has 3 rings (SSSR count). The van der Waals surface area contributed by atoms with Crippen LogP contribution in [0.3, 0.4) is 0 Å². The topological polar surface area (TPSA) is 35.5 Å². The standard InChI is InChI=1S/C29H46O3/c1-8-29(17-9-10-18-29)32-26(30)20-31-25-16-12-13-21-22(14-11-15-23(21)25)24(28(5,6)7)19-27(2,3)4/h11-13,15-16,21-24H,8-10,14,17-20H2,1-7H3. The van der Waals surface area contributed by atoms with Gasteiger partial charge < -0.3 is 9.47 Å². The Morgan fingerprint density at radius 1 is 1.12 bits per heavy atom. The van der Waals surface area contributed by atoms with Gasteiger partial charge in [0.25, 0.3) is 0 Å². The minimum atomic E-state index is -0.257. The minimum absolute atomic E-state index is 0.00778. The fraction of sp³-hybridized carbons (Fsp3) is 0.759. The lowest BCUT2D eigenvalue weighted by molar-refractivity contribution is -0.164. The molecule has 4 unspecified atom stereocenters. The SMILES string of the molecule is CCC1(OC(=O)COC2=CC=CC3C2C=CCC3C(CC(C)(C)C)C(C)(C)C)CCCC1. The molecule has 3 heteroatoms. The van der Waals surface area contributed by atoms with E-state index in [1.165, 1.54) is 6.42 Å². The van der Waals surface area contributed by atoms with Crippen LogP contribution in [-0.4, -0.2) is 18.2 Å². The maximum absolute atomic E-state index is 12.6. The molecule has 0 saturated heterocycles. The summed E-state index contributed by atoms with van der Waals surface area (Å²) >= 11 is 0. The van der Waals surface area contributed by atoms with E-state index in [0.717, 1.165) is 44.3 Å². The third kappa shape index (κ3) is 6.08. The summed E-state index contributed by atoms with van der Waals surface area (Å²) in [5.41, 5.74) is 0.275. The van der Waals surface area contributed by atoms with E-state index in [1.54, 1.807) is 0 Å². The highest BCUT2D eigenvalue weighted by Crippen LogP contribution is 2.50. The molecule has 0 amide bonds. The predicted molar refractivity (Wildman–Crippen MR) is 132 cm³/mol. The first-order valence-electron chi connectivity index (χ1n) is 12.8. The maximum atomic E-state index is 12.6. The lowest BCUT2D eigenvalue weighted by Gasteiger charge is -2.46. The van der Waals surface area contributed by atoms with Gasteiger partial charge in [-0.1, -0.05) is 72.8 Å². The minimum Gasteiger partial charge on any atom is -0.486 e. The smallest absolute Gasteiger partial charge is 0.344 e. The Morgan fingerprint density at radius 2 is 1.81 bits per heavy atom. The summed E-state index contributed by atoms with van der Waals surface area (Å²) in [6.45, 7) is 16.4. The Balaban J connectivity index is 1.68. The molecule has 180 valence electrons. The van der Waals surface area contributed by atoms with Crippen LogP contribution in [0.4, 0.5) is 0 Å². The normalized spacial score (nSPS) is 28.1. The first kappa shape index (κ1) is 25.1. The zero-order chi connectivity index (χ0) is 23.6. The van der Waals surface area contributed by atoms with Gasteiger partial charge in [-0.3, -0.25) is 0 Å². The van der Waals surface area contributed by atoms with Gasteiger partial charge in [0.15, 0.2) is 6.61 Å². The van der Waals surface area contributed by atoms with Crippen molar-refractivity contribution in [1.29, 1.82) is 0 Å². The number of allylic oxidation sites excluding steroid dienone is 5. The summed E-state index contributed by atoms with van der Waals surface area (Å²) in [5, 5.41) is 0. The number of carbonyl (C=O) groups is 1. The Morgan fingerprint density at radius 3 is 2.41 bits per heavy atom. The quantitative estimate of drug-likeness (QED) is 0.300. The van der Waals surface area contributed by atoms with Crippen molar-refractivity contribution >= 4 is 5.97 Å². The van der Waals surface area contributed by atoms with Crippen LogP contribution in [0.25, 0.3) is 0 Å². The summed E-state index contributed by atoms with van der Waals surface area (Å²) in [4.78, 5) is 12.6. The molecule has 3 nitrogen and oxygen atoms in total. The van der Waals surface area contributed by atoms with Crippen molar-refractivity contribution in [3.05, 3.63) is 36.1 Å². The van der Waals surface area contributed by atoms with Crippen molar-refractivity contribution in [1.82, 2.24) is 0 Å². The zero-order valence-corrected chi connectivity index (χ0v) is 21.6. The lowest BCUT2D eigenvalue weighted by atomic mass is 9.59. The zero-order valence-electron chi connectivity index (χ0n) is 21.6. The molecular weight excluding hydrogens is 396 g/mol. The van der Waals surface area contributed by atoms with Crippen LogP contribution in [0.15, 0.2) is 36.1 Å². The number of hydrogen-bond acceptors (Lipinski definition) is 3. The molecule has 0 aromatic carbocycles. The van der Waals surface area contributed by atoms with E-state index in [4.69, 9.17) is 9.47 Å². The van der Waals surface area contributed by atoms with Gasteiger partial charge in [0, 0.05) is 5.92 Å². The summed E-state index contributed by atoms with van der Waals surface area (Å²) in [5.74, 6) is 2.50. The van der Waals surface area contributed by atoms with Crippen molar-refractivity contribution in [2.24, 2.45) is 34.5 Å². The summed E-state index contributed by atoms with van der Waals surface area (Å²) in [6, 6.07) is 0. The molecule has 0 spiro atoms. The fourth-order valence-corrected chi connectivity index (χ4v) is 6.17. The van der Waals surface area contributed by atoms with Crippen LogP contribution in [0, 0.1) is 34.5 Å². The van der Waals surface area contributed by atoms with Crippen LogP contribution in [0.1, 0.15) is 93.4 Å². The van der Waals surface area contributed by atoms with Crippen molar-refractivity contribution in [2.75, 3.05) is 6.61 Å². The highest BCUT2D eigenvalue weighted by molar-refractivity contribution is 5.71. The highest BCUT2D eigenvalue weighted by Gasteiger charge is 2.43. The maximum Gasteiger partial charge on any atom is 0.344 e. The highest BCUT2D eigenvalue weighted by atomic mass is 16.6. The van der Waals surface area contributed by atoms with Gasteiger partial charge in [0.2, 0.25) is 0 Å². The second-order valence-corrected chi connectivity index (χ2v) is 12.6. The second kappa shape index (κ2) is 9.77. The van der Waals surface area contributed by atoms with Gasteiger partial charge in [0.05, 0.1) is 0 Å². The summed E-state index contributed by atoms with van der Waals surface area (Å²) in [7, 11) is 0. The van der Waals surface area contributed by atoms with Gasteiger partial charge in [-0.25, -0.2) is 4.79 Å². The number of hydrogen-bond donors (Lipinski definition) is 0. The average Bonchev–Trinajstić information content (AvgIpc) is 3.17. The van der Waals surface area contributed by atoms with Crippen LogP contribution >= 0.6 is 0 Å². The number of carbonyl (C=O) groups excluding carboxylic acids is 1. The molecule has 0 heterocycles. The van der Waals surface area contributed by atoms with E-state index in [0.29, 0.717) is 23.2 Å². The Hall–Kier alpha value is -1.51. The molecule has 0 N–H and O–H groups in total. The third-order valence-corrected chi connectivity index (χ3v) is 7.89. The summed E-state index contributed by atoms with van der Waals surface area (Å²) in [6.07, 6.45) is 18.7. The van der Waals surface area contributed by atoms with Gasteiger partial charge in [0.1, 0.15) is 11.4 Å². The fourth-order valence-electron chi connectivity index (χ4n) is 6.17. The number of rotatable bonds is 7. The van der Waals surface area contributed by atoms with Crippen molar-refractivity contribution in [2.45, 2.75) is 99.0 Å². The van der Waals surface area contributed by atoms with Gasteiger partial charge in [-0.05, 0) is 79.6 Å².